The van der Waals surface area contributed by atoms with Crippen molar-refractivity contribution < 1.29 is 26.5 Å². The van der Waals surface area contributed by atoms with Crippen molar-refractivity contribution in [2.45, 2.75) is 31.4 Å². The number of hydrogen-bond donors (Lipinski definition) is 1. The van der Waals surface area contributed by atoms with E-state index in [0.29, 0.717) is 23.5 Å². The monoisotopic (exact) mass is 402 g/mol. The summed E-state index contributed by atoms with van der Waals surface area (Å²) in [5, 5.41) is 2.93. The molecule has 0 spiro atoms. The number of nitrogens with zero attached hydrogens (tertiary/aromatic N) is 5. The molecule has 0 aliphatic carbocycles. The summed E-state index contributed by atoms with van der Waals surface area (Å²) in [4.78, 5) is 9.48. The fraction of sp³-hybridized carbons (Fsp3) is 0.438. The third-order valence-corrected chi connectivity index (χ3v) is 4.56. The minimum atomic E-state index is -4.75. The van der Waals surface area contributed by atoms with Crippen LogP contribution >= 0.6 is 0 Å². The van der Waals surface area contributed by atoms with Crippen LogP contribution in [0.4, 0.5) is 27.9 Å². The molecule has 2 aromatic heterocycles. The Hall–Kier alpha value is -2.76. The Labute approximate surface area is 154 Å². The maximum atomic E-state index is 13.8. The van der Waals surface area contributed by atoms with Crippen LogP contribution in [0, 0.1) is 5.82 Å². The normalized spacial score (nSPS) is 20.9. The smallest absolute Gasteiger partial charge is 0.340 e. The summed E-state index contributed by atoms with van der Waals surface area (Å²) in [6.07, 6.45) is -5.72. The van der Waals surface area contributed by atoms with Crippen molar-refractivity contribution in [1.29, 1.82) is 0 Å². The van der Waals surface area contributed by atoms with Gasteiger partial charge in [0.25, 0.3) is 5.82 Å². The highest BCUT2D eigenvalue weighted by Gasteiger charge is 2.37. The molecule has 12 heteroatoms. The van der Waals surface area contributed by atoms with Crippen LogP contribution in [0.3, 0.4) is 0 Å². The van der Waals surface area contributed by atoms with E-state index in [1.165, 1.54) is 22.8 Å². The van der Waals surface area contributed by atoms with Gasteiger partial charge < -0.3 is 19.7 Å². The largest absolute Gasteiger partial charge is 0.455 e. The number of halogens is 5. The van der Waals surface area contributed by atoms with Crippen LogP contribution < -0.4 is 10.6 Å². The summed E-state index contributed by atoms with van der Waals surface area (Å²) in [7, 11) is 0. The molecule has 1 unspecified atom stereocenters. The quantitative estimate of drug-likeness (QED) is 0.678. The Morgan fingerprint density at radius 1 is 1.25 bits per heavy atom. The van der Waals surface area contributed by atoms with Gasteiger partial charge in [0.1, 0.15) is 18.5 Å². The molecule has 7 nitrogen and oxygen atoms in total. The first-order valence-corrected chi connectivity index (χ1v) is 8.42. The summed E-state index contributed by atoms with van der Waals surface area (Å²) in [6.45, 7) is 0.200. The third kappa shape index (κ3) is 3.39. The number of piperidine rings is 1. The average Bonchev–Trinajstić information content (AvgIpc) is 3.23. The second-order valence-corrected chi connectivity index (χ2v) is 6.56. The highest BCUT2D eigenvalue weighted by atomic mass is 19.4. The van der Waals surface area contributed by atoms with E-state index in [1.807, 2.05) is 0 Å². The molecule has 1 saturated heterocycles. The van der Waals surface area contributed by atoms with Gasteiger partial charge >= 0.3 is 6.18 Å². The van der Waals surface area contributed by atoms with Crippen molar-refractivity contribution in [1.82, 2.24) is 19.7 Å². The Morgan fingerprint density at radius 3 is 2.71 bits per heavy atom. The van der Waals surface area contributed by atoms with Crippen LogP contribution in [0.25, 0.3) is 11.0 Å². The first-order valence-electron chi connectivity index (χ1n) is 8.42. The third-order valence-electron chi connectivity index (χ3n) is 4.56. The topological polar surface area (TPSA) is 86.0 Å². The lowest BCUT2D eigenvalue weighted by Crippen LogP contribution is -2.50. The Bertz CT molecular complexity index is 999. The first kappa shape index (κ1) is 18.6. The van der Waals surface area contributed by atoms with E-state index in [0.717, 1.165) is 0 Å². The number of nitrogens with two attached hydrogens (primary N) is 1. The van der Waals surface area contributed by atoms with E-state index in [2.05, 4.69) is 15.1 Å². The molecule has 1 aromatic carbocycles. The van der Waals surface area contributed by atoms with E-state index < -0.39 is 30.0 Å². The van der Waals surface area contributed by atoms with Gasteiger partial charge in [-0.1, -0.05) is 5.16 Å². The summed E-state index contributed by atoms with van der Waals surface area (Å²) in [6, 6.07) is 3.13. The van der Waals surface area contributed by atoms with Gasteiger partial charge in [-0.2, -0.15) is 18.2 Å². The van der Waals surface area contributed by atoms with Crippen LogP contribution in [0.15, 0.2) is 22.7 Å². The van der Waals surface area contributed by atoms with Gasteiger partial charge in [0, 0.05) is 13.1 Å². The Balaban J connectivity index is 1.75. The lowest BCUT2D eigenvalue weighted by atomic mass is 10.1. The first-order chi connectivity index (χ1) is 13.2. The molecule has 1 aliphatic heterocycles. The number of anilines is 1. The minimum Gasteiger partial charge on any atom is -0.340 e. The van der Waals surface area contributed by atoms with Crippen LogP contribution in [0.1, 0.15) is 18.1 Å². The summed E-state index contributed by atoms with van der Waals surface area (Å²) in [5.41, 5.74) is 6.55. The van der Waals surface area contributed by atoms with Crippen LogP contribution in [0.5, 0.6) is 0 Å². The zero-order valence-corrected chi connectivity index (χ0v) is 14.3. The van der Waals surface area contributed by atoms with Crippen molar-refractivity contribution in [3.63, 3.8) is 0 Å². The molecule has 150 valence electrons. The van der Waals surface area contributed by atoms with Crippen LogP contribution in [0.2, 0.25) is 0 Å². The molecule has 1 fully saturated rings. The fourth-order valence-corrected chi connectivity index (χ4v) is 3.18. The van der Waals surface area contributed by atoms with Crippen LogP contribution in [-0.4, -0.2) is 45.0 Å². The van der Waals surface area contributed by atoms with Gasteiger partial charge in [0.05, 0.1) is 17.1 Å². The van der Waals surface area contributed by atoms with Gasteiger partial charge in [-0.15, -0.1) is 0 Å². The summed E-state index contributed by atoms with van der Waals surface area (Å²) >= 11 is 0. The van der Waals surface area contributed by atoms with Gasteiger partial charge in [0.15, 0.2) is 0 Å². The lowest BCUT2D eigenvalue weighted by molar-refractivity contribution is -0.146. The molecule has 2 N–H and O–H groups in total. The van der Waals surface area contributed by atoms with Crippen molar-refractivity contribution in [2.24, 2.45) is 5.73 Å². The lowest BCUT2D eigenvalue weighted by Gasteiger charge is -2.33. The molecule has 1 aliphatic rings. The number of hydrogen-bond acceptors (Lipinski definition) is 6. The number of imidazole rings is 1. The second-order valence-electron chi connectivity index (χ2n) is 6.56. The highest BCUT2D eigenvalue weighted by molar-refractivity contribution is 5.79. The molecule has 0 bridgehead atoms. The molecule has 4 rings (SSSR count). The predicted octanol–water partition coefficient (Wildman–Crippen LogP) is 2.50. The molecule has 0 saturated carbocycles. The predicted molar refractivity (Wildman–Crippen MR) is 87.8 cm³/mol. The average molecular weight is 402 g/mol. The SMILES string of the molecule is N[C@@H]1CN(c2nc3ccc(F)cc3n2Cc2nc(C(F)(F)F)no2)CCC1F. The Morgan fingerprint density at radius 2 is 2.04 bits per heavy atom. The van der Waals surface area contributed by atoms with E-state index >= 15 is 0 Å². The van der Waals surface area contributed by atoms with Crippen molar-refractivity contribution in [3.05, 3.63) is 35.7 Å². The highest BCUT2D eigenvalue weighted by Crippen LogP contribution is 2.29. The summed E-state index contributed by atoms with van der Waals surface area (Å²) in [5.74, 6) is -1.95. The molecular weight excluding hydrogens is 387 g/mol. The fourth-order valence-electron chi connectivity index (χ4n) is 3.18. The number of rotatable bonds is 3. The zero-order valence-electron chi connectivity index (χ0n) is 14.3. The maximum absolute atomic E-state index is 13.8. The van der Waals surface area contributed by atoms with Crippen LogP contribution in [-0.2, 0) is 12.7 Å². The van der Waals surface area contributed by atoms with Crippen molar-refractivity contribution in [2.75, 3.05) is 18.0 Å². The second kappa shape index (κ2) is 6.69. The van der Waals surface area contributed by atoms with E-state index in [1.54, 1.807) is 4.90 Å². The zero-order chi connectivity index (χ0) is 20.1. The number of alkyl halides is 4. The van der Waals surface area contributed by atoms with E-state index in [4.69, 9.17) is 10.3 Å². The molecule has 3 heterocycles. The van der Waals surface area contributed by atoms with E-state index in [-0.39, 0.29) is 25.4 Å². The number of aromatic nitrogens is 4. The molecule has 3 aromatic rings. The molecule has 28 heavy (non-hydrogen) atoms. The minimum absolute atomic E-state index is 0.157. The summed E-state index contributed by atoms with van der Waals surface area (Å²) < 4.78 is 71.8. The van der Waals surface area contributed by atoms with Gasteiger partial charge in [-0.25, -0.2) is 13.8 Å². The van der Waals surface area contributed by atoms with Crippen molar-refractivity contribution >= 4 is 17.0 Å². The molecule has 0 amide bonds. The van der Waals surface area contributed by atoms with Gasteiger partial charge in [-0.3, -0.25) is 0 Å². The maximum Gasteiger partial charge on any atom is 0.455 e. The van der Waals surface area contributed by atoms with Crippen molar-refractivity contribution in [3.8, 4) is 0 Å². The molecule has 2 atom stereocenters. The van der Waals surface area contributed by atoms with E-state index in [9.17, 15) is 22.0 Å². The Kier molecular flexibility index (Phi) is 4.44. The number of fused-ring (bicyclic) bond motifs is 1. The number of benzene rings is 1. The standard InChI is InChI=1S/C16H15F5N6O/c17-8-1-2-11-12(5-8)27(7-13-24-14(25-28-13)16(19,20)21)15(23-11)26-4-3-9(18)10(22)6-26/h1-2,5,9-10H,3-4,6-7,22H2/t9?,10-/m1/s1. The molecular formula is C16H15F5N6O. The molecule has 0 radical (unpaired) electrons. The van der Waals surface area contributed by atoms with Gasteiger partial charge in [0.2, 0.25) is 11.8 Å². The van der Waals surface area contributed by atoms with Gasteiger partial charge in [-0.05, 0) is 24.6 Å².